The Morgan fingerprint density at radius 1 is 0.889 bits per heavy atom. The Bertz CT molecular complexity index is 766. The van der Waals surface area contributed by atoms with E-state index < -0.39 is 0 Å². The number of furan rings is 1. The molecule has 0 atom stereocenters. The van der Waals surface area contributed by atoms with Crippen LogP contribution in [0.1, 0.15) is 0 Å². The molecule has 2 aromatic carbocycles. The first-order valence-electron chi connectivity index (χ1n) is 5.79. The standard InChI is InChI=1S/C16H9OS/c1-2-6-12-11(5-1)9-17-16(12)14-10-18-15-8-4-3-7-13(14)15/h1-8,10H. The van der Waals surface area contributed by atoms with Gasteiger partial charge in [0.15, 0.2) is 6.26 Å². The van der Waals surface area contributed by atoms with E-state index in [-0.39, 0.29) is 0 Å². The lowest BCUT2D eigenvalue weighted by Gasteiger charge is -1.96. The summed E-state index contributed by atoms with van der Waals surface area (Å²) in [5.74, 6) is 0.919. The molecule has 4 aromatic rings. The van der Waals surface area contributed by atoms with Gasteiger partial charge >= 0.3 is 0 Å². The summed E-state index contributed by atoms with van der Waals surface area (Å²) in [6.07, 6.45) is 2.97. The highest BCUT2D eigenvalue weighted by Gasteiger charge is 2.12. The lowest BCUT2D eigenvalue weighted by Crippen LogP contribution is -1.72. The first-order chi connectivity index (χ1) is 8.93. The Kier molecular flexibility index (Phi) is 2.05. The molecule has 0 aliphatic heterocycles. The maximum Gasteiger partial charge on any atom is 0.178 e. The molecule has 0 saturated carbocycles. The summed E-state index contributed by atoms with van der Waals surface area (Å²) < 4.78 is 6.93. The van der Waals surface area contributed by atoms with Gasteiger partial charge in [-0.1, -0.05) is 42.5 Å². The fourth-order valence-electron chi connectivity index (χ4n) is 2.28. The average Bonchev–Trinajstić information content (AvgIpc) is 3.01. The van der Waals surface area contributed by atoms with Crippen LogP contribution in [0.15, 0.2) is 58.3 Å². The molecule has 1 nitrogen and oxygen atoms in total. The van der Waals surface area contributed by atoms with Gasteiger partial charge in [-0.05, 0) is 6.07 Å². The fraction of sp³-hybridized carbons (Fsp3) is 0. The summed E-state index contributed by atoms with van der Waals surface area (Å²) in [4.78, 5) is 0. The van der Waals surface area contributed by atoms with Crippen LogP contribution in [0.5, 0.6) is 0 Å². The molecule has 0 unspecified atom stereocenters. The van der Waals surface area contributed by atoms with E-state index in [9.17, 15) is 0 Å². The molecule has 2 heterocycles. The monoisotopic (exact) mass is 249 g/mol. The highest BCUT2D eigenvalue weighted by atomic mass is 32.1. The summed E-state index contributed by atoms with van der Waals surface area (Å²) >= 11 is 1.75. The molecule has 0 bridgehead atoms. The Hall–Kier alpha value is -2.06. The van der Waals surface area contributed by atoms with E-state index in [2.05, 4.69) is 42.0 Å². The Morgan fingerprint density at radius 2 is 1.67 bits per heavy atom. The summed E-state index contributed by atoms with van der Waals surface area (Å²) in [6.45, 7) is 0. The molecule has 0 N–H and O–H groups in total. The number of hydrogen-bond acceptors (Lipinski definition) is 2. The van der Waals surface area contributed by atoms with Gasteiger partial charge in [-0.25, -0.2) is 0 Å². The molecule has 0 aliphatic carbocycles. The third kappa shape index (κ3) is 1.33. The summed E-state index contributed by atoms with van der Waals surface area (Å²) in [5.41, 5.74) is 1.16. The van der Waals surface area contributed by atoms with Gasteiger partial charge in [0.2, 0.25) is 0 Å². The van der Waals surface area contributed by atoms with Crippen molar-refractivity contribution in [1.29, 1.82) is 0 Å². The third-order valence-electron chi connectivity index (χ3n) is 3.16. The van der Waals surface area contributed by atoms with Crippen LogP contribution in [0.25, 0.3) is 32.2 Å². The third-order valence-corrected chi connectivity index (χ3v) is 4.12. The lowest BCUT2D eigenvalue weighted by molar-refractivity contribution is 0.579. The van der Waals surface area contributed by atoms with Crippen LogP contribution in [0.2, 0.25) is 0 Å². The minimum absolute atomic E-state index is 0.919. The number of hydrogen-bond donors (Lipinski definition) is 0. The van der Waals surface area contributed by atoms with Crippen LogP contribution in [0.3, 0.4) is 0 Å². The SMILES string of the molecule is [c]1oc(-c2csc3ccccc23)c2ccccc12. The van der Waals surface area contributed by atoms with Crippen molar-refractivity contribution < 1.29 is 4.42 Å². The van der Waals surface area contributed by atoms with Gasteiger partial charge in [0.25, 0.3) is 0 Å². The quantitative estimate of drug-likeness (QED) is 0.456. The van der Waals surface area contributed by atoms with Crippen LogP contribution < -0.4 is 0 Å². The van der Waals surface area contributed by atoms with Crippen molar-refractivity contribution in [3.63, 3.8) is 0 Å². The first-order valence-corrected chi connectivity index (χ1v) is 6.67. The zero-order valence-electron chi connectivity index (χ0n) is 9.51. The second-order valence-electron chi connectivity index (χ2n) is 4.22. The highest BCUT2D eigenvalue weighted by Crippen LogP contribution is 2.37. The maximum atomic E-state index is 5.65. The van der Waals surface area contributed by atoms with Crippen molar-refractivity contribution in [2.45, 2.75) is 0 Å². The number of fused-ring (bicyclic) bond motifs is 2. The van der Waals surface area contributed by atoms with Crippen LogP contribution in [0, 0.1) is 6.26 Å². The molecular formula is C16H9OS. The van der Waals surface area contributed by atoms with Crippen molar-refractivity contribution in [3.8, 4) is 11.3 Å². The van der Waals surface area contributed by atoms with Crippen molar-refractivity contribution in [2.24, 2.45) is 0 Å². The van der Waals surface area contributed by atoms with Crippen molar-refractivity contribution in [3.05, 3.63) is 60.2 Å². The van der Waals surface area contributed by atoms with Gasteiger partial charge in [-0.3, -0.25) is 0 Å². The summed E-state index contributed by atoms with van der Waals surface area (Å²) in [7, 11) is 0. The van der Waals surface area contributed by atoms with E-state index in [1.165, 1.54) is 10.1 Å². The Morgan fingerprint density at radius 3 is 2.61 bits per heavy atom. The number of benzene rings is 2. The van der Waals surface area contributed by atoms with Crippen molar-refractivity contribution >= 4 is 32.2 Å². The van der Waals surface area contributed by atoms with Gasteiger partial charge in [-0.2, -0.15) is 0 Å². The van der Waals surface area contributed by atoms with Gasteiger partial charge < -0.3 is 4.42 Å². The van der Waals surface area contributed by atoms with E-state index in [0.717, 1.165) is 22.1 Å². The molecule has 2 heteroatoms. The normalized spacial score (nSPS) is 11.3. The zero-order valence-corrected chi connectivity index (χ0v) is 10.3. The largest absolute Gasteiger partial charge is 0.451 e. The van der Waals surface area contributed by atoms with Gasteiger partial charge in [0.05, 0.1) is 0 Å². The smallest absolute Gasteiger partial charge is 0.178 e. The van der Waals surface area contributed by atoms with E-state index in [1.807, 2.05) is 18.2 Å². The van der Waals surface area contributed by atoms with Gasteiger partial charge in [0.1, 0.15) is 5.76 Å². The summed E-state index contributed by atoms with van der Waals surface area (Å²) in [5, 5.41) is 5.56. The minimum atomic E-state index is 0.919. The Labute approximate surface area is 108 Å². The van der Waals surface area contributed by atoms with Crippen LogP contribution in [-0.4, -0.2) is 0 Å². The zero-order chi connectivity index (χ0) is 11.9. The predicted molar refractivity (Wildman–Crippen MR) is 75.9 cm³/mol. The molecule has 0 saturated heterocycles. The van der Waals surface area contributed by atoms with E-state index in [0.29, 0.717) is 0 Å². The highest BCUT2D eigenvalue weighted by molar-refractivity contribution is 7.17. The molecule has 0 spiro atoms. The number of thiophene rings is 1. The molecule has 1 radical (unpaired) electrons. The average molecular weight is 249 g/mol. The topological polar surface area (TPSA) is 13.1 Å². The van der Waals surface area contributed by atoms with Gasteiger partial charge in [0, 0.05) is 31.8 Å². The fourth-order valence-corrected chi connectivity index (χ4v) is 3.23. The van der Waals surface area contributed by atoms with E-state index >= 15 is 0 Å². The molecular weight excluding hydrogens is 240 g/mol. The lowest BCUT2D eigenvalue weighted by atomic mass is 10.1. The molecule has 0 fully saturated rings. The van der Waals surface area contributed by atoms with Crippen molar-refractivity contribution in [2.75, 3.05) is 0 Å². The molecule has 2 aromatic heterocycles. The van der Waals surface area contributed by atoms with Crippen LogP contribution in [-0.2, 0) is 0 Å². The van der Waals surface area contributed by atoms with Gasteiger partial charge in [-0.15, -0.1) is 11.3 Å². The molecule has 0 aliphatic rings. The van der Waals surface area contributed by atoms with E-state index in [4.69, 9.17) is 4.42 Å². The van der Waals surface area contributed by atoms with Crippen molar-refractivity contribution in [1.82, 2.24) is 0 Å². The molecule has 18 heavy (non-hydrogen) atoms. The second-order valence-corrected chi connectivity index (χ2v) is 5.14. The minimum Gasteiger partial charge on any atom is -0.451 e. The van der Waals surface area contributed by atoms with Crippen LogP contribution in [0.4, 0.5) is 0 Å². The predicted octanol–water partition coefficient (Wildman–Crippen LogP) is 5.11. The molecule has 85 valence electrons. The Balaban J connectivity index is 2.08. The second kappa shape index (κ2) is 3.72. The van der Waals surface area contributed by atoms with Crippen LogP contribution >= 0.6 is 11.3 Å². The molecule has 4 rings (SSSR count). The molecule has 0 amide bonds. The maximum absolute atomic E-state index is 5.65. The first kappa shape index (κ1) is 9.92. The number of rotatable bonds is 1. The van der Waals surface area contributed by atoms with E-state index in [1.54, 1.807) is 11.3 Å². The summed E-state index contributed by atoms with van der Waals surface area (Å²) in [6, 6.07) is 16.5.